The molecule has 2 N–H and O–H groups in total. The normalized spacial score (nSPS) is 11.5. The smallest absolute Gasteiger partial charge is 0.308 e. The first-order chi connectivity index (χ1) is 11.6. The van der Waals surface area contributed by atoms with Crippen molar-refractivity contribution in [2.45, 2.75) is 12.3 Å². The Morgan fingerprint density at radius 3 is 2.04 bits per heavy atom. The number of amides is 2. The highest BCUT2D eigenvalue weighted by Gasteiger charge is 2.42. The summed E-state index contributed by atoms with van der Waals surface area (Å²) in [7, 11) is 0. The Labute approximate surface area is 136 Å². The van der Waals surface area contributed by atoms with Crippen molar-refractivity contribution in [1.82, 2.24) is 0 Å². The number of urea groups is 1. The van der Waals surface area contributed by atoms with Crippen LogP contribution < -0.4 is 10.6 Å². The third kappa shape index (κ3) is 4.20. The molecule has 0 aliphatic rings. The van der Waals surface area contributed by atoms with E-state index in [1.54, 1.807) is 0 Å². The van der Waals surface area contributed by atoms with Crippen molar-refractivity contribution >= 4 is 17.4 Å². The maximum absolute atomic E-state index is 13.3. The summed E-state index contributed by atoms with van der Waals surface area (Å²) in [4.78, 5) is 11.7. The van der Waals surface area contributed by atoms with Crippen molar-refractivity contribution in [2.24, 2.45) is 0 Å². The molecular weight excluding hydrogens is 357 g/mol. The topological polar surface area (TPSA) is 41.1 Å². The predicted octanol–water partition coefficient (Wildman–Crippen LogP) is 5.10. The van der Waals surface area contributed by atoms with Gasteiger partial charge in [-0.05, 0) is 12.1 Å². The average molecular weight is 366 g/mol. The number of hydrogen-bond acceptors (Lipinski definition) is 1. The van der Waals surface area contributed by atoms with Gasteiger partial charge in [-0.25, -0.2) is 26.7 Å². The fourth-order valence-corrected chi connectivity index (χ4v) is 1.85. The van der Waals surface area contributed by atoms with Crippen molar-refractivity contribution in [1.29, 1.82) is 0 Å². The van der Waals surface area contributed by atoms with Crippen LogP contribution in [0.5, 0.6) is 0 Å². The van der Waals surface area contributed by atoms with E-state index in [0.29, 0.717) is 18.2 Å². The fraction of sp³-hybridized carbons (Fsp3) is 0.133. The number of alkyl halides is 4. The largest absolute Gasteiger partial charge is 0.332 e. The van der Waals surface area contributed by atoms with E-state index in [1.165, 1.54) is 0 Å². The molecule has 0 fully saturated rings. The molecule has 0 saturated heterocycles. The van der Waals surface area contributed by atoms with Gasteiger partial charge < -0.3 is 10.6 Å². The molecule has 0 atom stereocenters. The van der Waals surface area contributed by atoms with E-state index in [4.69, 9.17) is 0 Å². The quantitative estimate of drug-likeness (QED) is 0.573. The van der Waals surface area contributed by atoms with Crippen molar-refractivity contribution in [3.05, 3.63) is 59.4 Å². The Bertz CT molecular complexity index is 772. The highest BCUT2D eigenvalue weighted by molar-refractivity contribution is 5.99. The third-order valence-corrected chi connectivity index (χ3v) is 3.02. The lowest BCUT2D eigenvalue weighted by Crippen LogP contribution is -2.24. The molecule has 3 nitrogen and oxygen atoms in total. The predicted molar refractivity (Wildman–Crippen MR) is 75.3 cm³/mol. The van der Waals surface area contributed by atoms with E-state index in [0.717, 1.165) is 18.2 Å². The summed E-state index contributed by atoms with van der Waals surface area (Å²) in [6, 6.07) is 3.41. The first-order valence-corrected chi connectivity index (χ1v) is 6.60. The summed E-state index contributed by atoms with van der Waals surface area (Å²) in [6.45, 7) is 0. The molecule has 2 aromatic rings. The summed E-state index contributed by atoms with van der Waals surface area (Å²) in [5.74, 6) is -9.24. The molecule has 0 unspecified atom stereocenters. The minimum atomic E-state index is -4.42. The fourth-order valence-electron chi connectivity index (χ4n) is 1.85. The molecule has 2 aromatic carbocycles. The van der Waals surface area contributed by atoms with E-state index in [9.17, 15) is 35.5 Å². The van der Waals surface area contributed by atoms with Gasteiger partial charge in [0.2, 0.25) is 0 Å². The molecule has 0 saturated carbocycles. The summed E-state index contributed by atoms with van der Waals surface area (Å²) >= 11 is 0. The van der Waals surface area contributed by atoms with Crippen LogP contribution in [-0.2, 0) is 5.92 Å². The van der Waals surface area contributed by atoms with Crippen LogP contribution in [0.3, 0.4) is 0 Å². The molecule has 0 spiro atoms. The maximum atomic E-state index is 13.3. The summed E-state index contributed by atoms with van der Waals surface area (Å²) in [5, 5.41) is 3.98. The average Bonchev–Trinajstić information content (AvgIpc) is 2.52. The van der Waals surface area contributed by atoms with E-state index >= 15 is 0 Å². The van der Waals surface area contributed by atoms with Crippen LogP contribution in [0.15, 0.2) is 36.4 Å². The third-order valence-electron chi connectivity index (χ3n) is 3.02. The van der Waals surface area contributed by atoms with Gasteiger partial charge >= 0.3 is 18.4 Å². The Morgan fingerprint density at radius 2 is 1.48 bits per heavy atom. The molecule has 25 heavy (non-hydrogen) atoms. The minimum absolute atomic E-state index is 0.265. The number of carbonyl (C=O) groups excluding carboxylic acids is 1. The summed E-state index contributed by atoms with van der Waals surface area (Å²) < 4.78 is 90.1. The van der Waals surface area contributed by atoms with Crippen LogP contribution in [0.2, 0.25) is 0 Å². The first kappa shape index (κ1) is 18.6. The van der Waals surface area contributed by atoms with Crippen LogP contribution in [0.4, 0.5) is 46.9 Å². The highest BCUT2D eigenvalue weighted by atomic mass is 19.3. The number of hydrogen-bond donors (Lipinski definition) is 2. The lowest BCUT2D eigenvalue weighted by Gasteiger charge is -2.16. The number of nitrogens with one attached hydrogen (secondary N) is 2. The second-order valence-corrected chi connectivity index (χ2v) is 4.84. The van der Waals surface area contributed by atoms with Gasteiger partial charge in [0.25, 0.3) is 0 Å². The minimum Gasteiger partial charge on any atom is -0.308 e. The van der Waals surface area contributed by atoms with Crippen molar-refractivity contribution < 1.29 is 35.5 Å². The van der Waals surface area contributed by atoms with Crippen molar-refractivity contribution in [3.63, 3.8) is 0 Å². The van der Waals surface area contributed by atoms with Gasteiger partial charge in [0.05, 0.1) is 0 Å². The number of benzene rings is 2. The van der Waals surface area contributed by atoms with E-state index in [1.807, 2.05) is 10.6 Å². The van der Waals surface area contributed by atoms with Crippen LogP contribution in [-0.4, -0.2) is 12.5 Å². The second kappa shape index (κ2) is 6.99. The van der Waals surface area contributed by atoms with Gasteiger partial charge in [0.1, 0.15) is 0 Å². The van der Waals surface area contributed by atoms with Crippen molar-refractivity contribution in [2.75, 3.05) is 10.6 Å². The van der Waals surface area contributed by atoms with Crippen LogP contribution in [0, 0.1) is 17.5 Å². The standard InChI is InChI=1S/C15H9F7N2O/c16-10-5-9(6-11(17)12(10)18)24-14(25)23-8-3-1-2-7(4-8)15(21,22)13(19)20/h1-6,13H,(H2,23,24,25). The molecule has 0 heterocycles. The van der Waals surface area contributed by atoms with Gasteiger partial charge in [-0.2, -0.15) is 8.78 Å². The summed E-state index contributed by atoms with van der Waals surface area (Å²) in [6.07, 6.45) is -3.94. The summed E-state index contributed by atoms with van der Waals surface area (Å²) in [5.41, 5.74) is -1.74. The van der Waals surface area contributed by atoms with Gasteiger partial charge in [-0.15, -0.1) is 0 Å². The lowest BCUT2D eigenvalue weighted by atomic mass is 10.1. The lowest BCUT2D eigenvalue weighted by molar-refractivity contribution is -0.135. The van der Waals surface area contributed by atoms with E-state index in [-0.39, 0.29) is 5.69 Å². The highest BCUT2D eigenvalue weighted by Crippen LogP contribution is 2.35. The van der Waals surface area contributed by atoms with Crippen LogP contribution in [0.1, 0.15) is 5.56 Å². The van der Waals surface area contributed by atoms with Gasteiger partial charge in [0.15, 0.2) is 17.5 Å². The van der Waals surface area contributed by atoms with Gasteiger partial charge in [-0.3, -0.25) is 0 Å². The monoisotopic (exact) mass is 366 g/mol. The maximum Gasteiger partial charge on any atom is 0.332 e. The molecule has 0 aromatic heterocycles. The molecule has 0 radical (unpaired) electrons. The number of anilines is 2. The van der Waals surface area contributed by atoms with Gasteiger partial charge in [0, 0.05) is 29.1 Å². The molecule has 2 amide bonds. The second-order valence-electron chi connectivity index (χ2n) is 4.84. The zero-order valence-corrected chi connectivity index (χ0v) is 12.1. The molecule has 10 heteroatoms. The van der Waals surface area contributed by atoms with Gasteiger partial charge in [-0.1, -0.05) is 12.1 Å². The molecule has 0 aliphatic carbocycles. The molecular formula is C15H9F7N2O. The molecule has 0 bridgehead atoms. The SMILES string of the molecule is O=C(Nc1cccc(C(F)(F)C(F)F)c1)Nc1cc(F)c(F)c(F)c1. The van der Waals surface area contributed by atoms with E-state index in [2.05, 4.69) is 0 Å². The molecule has 134 valence electrons. The number of halogens is 7. The number of carbonyl (C=O) groups is 1. The van der Waals surface area contributed by atoms with E-state index < -0.39 is 47.1 Å². The Morgan fingerprint density at radius 1 is 0.920 bits per heavy atom. The zero-order chi connectivity index (χ0) is 18.8. The zero-order valence-electron chi connectivity index (χ0n) is 12.1. The van der Waals surface area contributed by atoms with Crippen molar-refractivity contribution in [3.8, 4) is 0 Å². The Balaban J connectivity index is 2.14. The first-order valence-electron chi connectivity index (χ1n) is 6.60. The Hall–Kier alpha value is -2.78. The molecule has 0 aliphatic heterocycles. The Kier molecular flexibility index (Phi) is 5.19. The van der Waals surface area contributed by atoms with Crippen LogP contribution >= 0.6 is 0 Å². The number of rotatable bonds is 4. The van der Waals surface area contributed by atoms with Crippen LogP contribution in [0.25, 0.3) is 0 Å². The molecule has 2 rings (SSSR count).